The Morgan fingerprint density at radius 3 is 2.65 bits per heavy atom. The van der Waals surface area contributed by atoms with Gasteiger partial charge in [-0.1, -0.05) is 11.6 Å². The van der Waals surface area contributed by atoms with Gasteiger partial charge in [-0.2, -0.15) is 8.78 Å². The van der Waals surface area contributed by atoms with E-state index in [0.717, 1.165) is 0 Å². The molecule has 0 radical (unpaired) electrons. The first kappa shape index (κ1) is 14.8. The third-order valence-electron chi connectivity index (χ3n) is 3.04. The Balaban J connectivity index is 1.99. The minimum absolute atomic E-state index is 0.0779. The lowest BCUT2D eigenvalue weighted by atomic mass is 9.82. The molecule has 0 spiro atoms. The zero-order valence-corrected chi connectivity index (χ0v) is 11.4. The monoisotopic (exact) mass is 306 g/mol. The standard InChI is InChI=1S/C13H13ClF2O4/c1-18-12(17)7-4-9(5-7)19-11-6-8(14)2-3-10(11)20-13(15)16/h2-3,6-7,9,13H,4-5H2,1H3/t7-,9-. The second kappa shape index (κ2) is 6.26. The van der Waals surface area contributed by atoms with Crippen LogP contribution in [0.15, 0.2) is 18.2 Å². The van der Waals surface area contributed by atoms with Gasteiger partial charge in [-0.05, 0) is 25.0 Å². The molecule has 0 atom stereocenters. The first-order valence-corrected chi connectivity index (χ1v) is 6.36. The molecule has 2 rings (SSSR count). The predicted octanol–water partition coefficient (Wildman–Crippen LogP) is 3.27. The van der Waals surface area contributed by atoms with Gasteiger partial charge in [0, 0.05) is 11.1 Å². The maximum Gasteiger partial charge on any atom is 0.387 e. The van der Waals surface area contributed by atoms with Crippen molar-refractivity contribution in [1.29, 1.82) is 0 Å². The molecule has 110 valence electrons. The number of halogens is 3. The molecule has 1 aliphatic carbocycles. The molecule has 20 heavy (non-hydrogen) atoms. The number of rotatable bonds is 5. The molecular formula is C13H13ClF2O4. The summed E-state index contributed by atoms with van der Waals surface area (Å²) in [5.74, 6) is -0.430. The quantitative estimate of drug-likeness (QED) is 0.783. The molecule has 1 aromatic carbocycles. The lowest BCUT2D eigenvalue weighted by Gasteiger charge is -2.33. The highest BCUT2D eigenvalue weighted by Crippen LogP contribution is 2.37. The van der Waals surface area contributed by atoms with Crippen molar-refractivity contribution in [2.45, 2.75) is 25.6 Å². The van der Waals surface area contributed by atoms with Gasteiger partial charge < -0.3 is 14.2 Å². The van der Waals surface area contributed by atoms with E-state index in [1.165, 1.54) is 25.3 Å². The number of benzene rings is 1. The molecule has 0 amide bonds. The molecule has 0 bridgehead atoms. The maximum absolute atomic E-state index is 12.3. The highest BCUT2D eigenvalue weighted by Gasteiger charge is 2.37. The fraction of sp³-hybridized carbons (Fsp3) is 0.462. The molecule has 0 aliphatic heterocycles. The van der Waals surface area contributed by atoms with Gasteiger partial charge in [0.05, 0.1) is 13.0 Å². The predicted molar refractivity (Wildman–Crippen MR) is 67.2 cm³/mol. The van der Waals surface area contributed by atoms with Crippen molar-refractivity contribution in [1.82, 2.24) is 0 Å². The summed E-state index contributed by atoms with van der Waals surface area (Å²) in [6.07, 6.45) is 0.721. The normalized spacial score (nSPS) is 21.2. The highest BCUT2D eigenvalue weighted by molar-refractivity contribution is 6.30. The van der Waals surface area contributed by atoms with E-state index in [9.17, 15) is 13.6 Å². The Kier molecular flexibility index (Phi) is 4.65. The number of methoxy groups -OCH3 is 1. The Labute approximate surface area is 119 Å². The number of carbonyl (C=O) groups is 1. The summed E-state index contributed by atoms with van der Waals surface area (Å²) in [5.41, 5.74) is 0. The minimum atomic E-state index is -2.94. The molecule has 1 fully saturated rings. The number of hydrogen-bond acceptors (Lipinski definition) is 4. The van der Waals surface area contributed by atoms with Crippen LogP contribution >= 0.6 is 11.6 Å². The number of alkyl halides is 2. The van der Waals surface area contributed by atoms with Crippen LogP contribution in [-0.2, 0) is 9.53 Å². The zero-order chi connectivity index (χ0) is 14.7. The summed E-state index contributed by atoms with van der Waals surface area (Å²) in [5, 5.41) is 0.352. The van der Waals surface area contributed by atoms with E-state index >= 15 is 0 Å². The van der Waals surface area contributed by atoms with Crippen LogP contribution in [0, 0.1) is 5.92 Å². The highest BCUT2D eigenvalue weighted by atomic mass is 35.5. The summed E-state index contributed by atoms with van der Waals surface area (Å²) < 4.78 is 39.1. The Bertz CT molecular complexity index is 489. The lowest BCUT2D eigenvalue weighted by molar-refractivity contribution is -0.151. The average molecular weight is 307 g/mol. The molecule has 1 aliphatic rings. The summed E-state index contributed by atoms with van der Waals surface area (Å²) in [7, 11) is 1.32. The van der Waals surface area contributed by atoms with Crippen LogP contribution in [0.25, 0.3) is 0 Å². The minimum Gasteiger partial charge on any atom is -0.486 e. The van der Waals surface area contributed by atoms with Crippen molar-refractivity contribution in [3.05, 3.63) is 23.2 Å². The smallest absolute Gasteiger partial charge is 0.387 e. The van der Waals surface area contributed by atoms with Gasteiger partial charge >= 0.3 is 12.6 Å². The Morgan fingerprint density at radius 1 is 1.35 bits per heavy atom. The van der Waals surface area contributed by atoms with Crippen molar-refractivity contribution in [2.75, 3.05) is 7.11 Å². The van der Waals surface area contributed by atoms with E-state index in [0.29, 0.717) is 17.9 Å². The van der Waals surface area contributed by atoms with E-state index in [4.69, 9.17) is 16.3 Å². The fourth-order valence-corrected chi connectivity index (χ4v) is 2.13. The van der Waals surface area contributed by atoms with Crippen LogP contribution in [0.3, 0.4) is 0 Å². The van der Waals surface area contributed by atoms with Crippen molar-refractivity contribution in [3.63, 3.8) is 0 Å². The second-order valence-electron chi connectivity index (χ2n) is 4.40. The van der Waals surface area contributed by atoms with Crippen LogP contribution in [0.5, 0.6) is 11.5 Å². The molecule has 0 N–H and O–H groups in total. The first-order valence-electron chi connectivity index (χ1n) is 5.98. The van der Waals surface area contributed by atoms with E-state index in [2.05, 4.69) is 9.47 Å². The number of ether oxygens (including phenoxy) is 3. The van der Waals surface area contributed by atoms with Gasteiger partial charge in [0.1, 0.15) is 6.10 Å². The van der Waals surface area contributed by atoms with E-state index in [1.54, 1.807) is 0 Å². The largest absolute Gasteiger partial charge is 0.486 e. The third kappa shape index (κ3) is 3.50. The number of hydrogen-bond donors (Lipinski definition) is 0. The summed E-state index contributed by atoms with van der Waals surface area (Å²) in [4.78, 5) is 11.2. The number of esters is 1. The van der Waals surface area contributed by atoms with Gasteiger partial charge in [0.15, 0.2) is 11.5 Å². The first-order chi connectivity index (χ1) is 9.49. The SMILES string of the molecule is COC(=O)[C@H]1C[C@H](Oc2cc(Cl)ccc2OC(F)F)C1. The lowest BCUT2D eigenvalue weighted by Crippen LogP contribution is -2.38. The fourth-order valence-electron chi connectivity index (χ4n) is 1.97. The van der Waals surface area contributed by atoms with Crippen molar-refractivity contribution < 1.29 is 27.8 Å². The second-order valence-corrected chi connectivity index (χ2v) is 4.84. The van der Waals surface area contributed by atoms with Crippen LogP contribution in [0.2, 0.25) is 5.02 Å². The van der Waals surface area contributed by atoms with Gasteiger partial charge in [0.2, 0.25) is 0 Å². The van der Waals surface area contributed by atoms with Crippen LogP contribution in [0.4, 0.5) is 8.78 Å². The molecule has 0 saturated heterocycles. The van der Waals surface area contributed by atoms with Crippen molar-refractivity contribution >= 4 is 17.6 Å². The molecule has 1 aromatic rings. The number of carbonyl (C=O) groups excluding carboxylic acids is 1. The molecule has 1 saturated carbocycles. The molecule has 0 heterocycles. The third-order valence-corrected chi connectivity index (χ3v) is 3.28. The van der Waals surface area contributed by atoms with E-state index in [-0.39, 0.29) is 29.5 Å². The molecule has 4 nitrogen and oxygen atoms in total. The average Bonchev–Trinajstić information content (AvgIpc) is 2.35. The van der Waals surface area contributed by atoms with Crippen LogP contribution < -0.4 is 9.47 Å². The van der Waals surface area contributed by atoms with Gasteiger partial charge in [-0.25, -0.2) is 0 Å². The summed E-state index contributed by atoms with van der Waals surface area (Å²) >= 11 is 5.80. The van der Waals surface area contributed by atoms with Crippen LogP contribution in [0.1, 0.15) is 12.8 Å². The molecule has 7 heteroatoms. The topological polar surface area (TPSA) is 44.8 Å². The Morgan fingerprint density at radius 2 is 2.05 bits per heavy atom. The van der Waals surface area contributed by atoms with Gasteiger partial charge in [-0.15, -0.1) is 0 Å². The zero-order valence-electron chi connectivity index (χ0n) is 10.6. The Hall–Kier alpha value is -1.56. The van der Waals surface area contributed by atoms with Crippen LogP contribution in [-0.4, -0.2) is 25.8 Å². The summed E-state index contributed by atoms with van der Waals surface area (Å²) in [6.45, 7) is -2.94. The van der Waals surface area contributed by atoms with Crippen molar-refractivity contribution in [3.8, 4) is 11.5 Å². The molecular weight excluding hydrogens is 294 g/mol. The van der Waals surface area contributed by atoms with Gasteiger partial charge in [-0.3, -0.25) is 4.79 Å². The maximum atomic E-state index is 12.3. The summed E-state index contributed by atoms with van der Waals surface area (Å²) in [6, 6.07) is 4.16. The molecule has 0 unspecified atom stereocenters. The molecule has 0 aromatic heterocycles. The van der Waals surface area contributed by atoms with E-state index < -0.39 is 6.61 Å². The van der Waals surface area contributed by atoms with Crippen molar-refractivity contribution in [2.24, 2.45) is 5.92 Å². The van der Waals surface area contributed by atoms with E-state index in [1.807, 2.05) is 0 Å². The van der Waals surface area contributed by atoms with Gasteiger partial charge in [0.25, 0.3) is 0 Å².